The fourth-order valence-corrected chi connectivity index (χ4v) is 0.540. The summed E-state index contributed by atoms with van der Waals surface area (Å²) >= 11 is 4.49. The Morgan fingerprint density at radius 2 is 2.25 bits per heavy atom. The van der Waals surface area contributed by atoms with E-state index in [-0.39, 0.29) is 11.5 Å². The molecule has 0 aliphatic carbocycles. The smallest absolute Gasteiger partial charge is 0.303 e. The Labute approximate surface area is 75.6 Å². The molecule has 0 atom stereocenters. The van der Waals surface area contributed by atoms with E-state index in [1.807, 2.05) is 0 Å². The van der Waals surface area contributed by atoms with Crippen LogP contribution in [0.2, 0.25) is 0 Å². The molecule has 6 heteroatoms. The molecule has 0 saturated carbocycles. The lowest BCUT2D eigenvalue weighted by atomic mass is 10.2. The fraction of sp³-hybridized carbons (Fsp3) is 0.500. The average molecular weight is 189 g/mol. The van der Waals surface area contributed by atoms with Crippen molar-refractivity contribution < 1.29 is 9.90 Å². The Morgan fingerprint density at radius 3 is 2.67 bits per heavy atom. The van der Waals surface area contributed by atoms with Crippen LogP contribution in [0.15, 0.2) is 5.10 Å². The number of hydrazone groups is 1. The van der Waals surface area contributed by atoms with Crippen molar-refractivity contribution in [3.63, 3.8) is 0 Å². The molecule has 0 aliphatic rings. The lowest BCUT2D eigenvalue weighted by Gasteiger charge is -1.98. The minimum Gasteiger partial charge on any atom is -0.481 e. The minimum absolute atomic E-state index is 0.0638. The van der Waals surface area contributed by atoms with Crippen molar-refractivity contribution in [1.29, 1.82) is 0 Å². The van der Waals surface area contributed by atoms with Gasteiger partial charge < -0.3 is 10.8 Å². The number of nitrogens with two attached hydrogens (primary N) is 1. The average Bonchev–Trinajstić information content (AvgIpc) is 1.96. The van der Waals surface area contributed by atoms with Gasteiger partial charge >= 0.3 is 5.97 Å². The molecule has 0 spiro atoms. The maximum absolute atomic E-state index is 10.1. The van der Waals surface area contributed by atoms with Gasteiger partial charge in [-0.2, -0.15) is 5.10 Å². The van der Waals surface area contributed by atoms with Gasteiger partial charge in [0.25, 0.3) is 0 Å². The molecule has 0 aromatic heterocycles. The van der Waals surface area contributed by atoms with Gasteiger partial charge in [0.05, 0.1) is 6.42 Å². The standard InChI is InChI=1S/C6H11N3O2S/c1-4(2-3-5(10)11)8-9-6(7)12/h2-3H2,1H3,(H,10,11)(H3,7,9,12). The Balaban J connectivity index is 3.70. The second kappa shape index (κ2) is 5.48. The number of nitrogens with one attached hydrogen (secondary N) is 1. The normalized spacial score (nSPS) is 10.9. The van der Waals surface area contributed by atoms with Crippen LogP contribution >= 0.6 is 12.2 Å². The molecule has 0 aliphatic heterocycles. The van der Waals surface area contributed by atoms with Crippen LogP contribution in [0.4, 0.5) is 0 Å². The van der Waals surface area contributed by atoms with E-state index in [1.54, 1.807) is 6.92 Å². The van der Waals surface area contributed by atoms with Crippen LogP contribution in [0.3, 0.4) is 0 Å². The van der Waals surface area contributed by atoms with Crippen molar-refractivity contribution in [3.8, 4) is 0 Å². The molecule has 0 saturated heterocycles. The highest BCUT2D eigenvalue weighted by Gasteiger charge is 1.98. The molecule has 12 heavy (non-hydrogen) atoms. The lowest BCUT2D eigenvalue weighted by Crippen LogP contribution is -2.25. The maximum atomic E-state index is 10.1. The van der Waals surface area contributed by atoms with E-state index < -0.39 is 5.97 Å². The largest absolute Gasteiger partial charge is 0.481 e. The predicted octanol–water partition coefficient (Wildman–Crippen LogP) is 0.0603. The van der Waals surface area contributed by atoms with Gasteiger partial charge in [0.15, 0.2) is 5.11 Å². The Kier molecular flexibility index (Phi) is 4.94. The van der Waals surface area contributed by atoms with E-state index in [0.29, 0.717) is 12.1 Å². The summed E-state index contributed by atoms with van der Waals surface area (Å²) in [6.45, 7) is 1.70. The van der Waals surface area contributed by atoms with Crippen LogP contribution in [-0.2, 0) is 4.79 Å². The Morgan fingerprint density at radius 1 is 1.67 bits per heavy atom. The second-order valence-electron chi connectivity index (χ2n) is 2.22. The molecule has 68 valence electrons. The summed E-state index contributed by atoms with van der Waals surface area (Å²) in [5.41, 5.74) is 8.12. The maximum Gasteiger partial charge on any atom is 0.303 e. The van der Waals surface area contributed by atoms with Gasteiger partial charge in [-0.15, -0.1) is 0 Å². The first-order valence-corrected chi connectivity index (χ1v) is 3.73. The summed E-state index contributed by atoms with van der Waals surface area (Å²) in [7, 11) is 0. The summed E-state index contributed by atoms with van der Waals surface area (Å²) in [6, 6.07) is 0. The Bertz CT molecular complexity index is 215. The van der Waals surface area contributed by atoms with Gasteiger partial charge in [0, 0.05) is 5.71 Å². The zero-order valence-corrected chi connectivity index (χ0v) is 7.52. The van der Waals surface area contributed by atoms with E-state index in [0.717, 1.165) is 0 Å². The van der Waals surface area contributed by atoms with Crippen LogP contribution in [0.5, 0.6) is 0 Å². The highest BCUT2D eigenvalue weighted by molar-refractivity contribution is 7.80. The molecule has 0 heterocycles. The summed E-state index contributed by atoms with van der Waals surface area (Å²) in [4.78, 5) is 10.1. The third-order valence-electron chi connectivity index (χ3n) is 1.06. The van der Waals surface area contributed by atoms with Gasteiger partial charge in [-0.25, -0.2) is 0 Å². The van der Waals surface area contributed by atoms with Gasteiger partial charge in [-0.3, -0.25) is 10.2 Å². The number of rotatable bonds is 4. The fourth-order valence-electron chi connectivity index (χ4n) is 0.494. The number of carboxylic acid groups (broad SMARTS) is 1. The highest BCUT2D eigenvalue weighted by atomic mass is 32.1. The molecule has 0 aromatic carbocycles. The first-order valence-electron chi connectivity index (χ1n) is 3.32. The van der Waals surface area contributed by atoms with E-state index in [2.05, 4.69) is 22.7 Å². The summed E-state index contributed by atoms with van der Waals surface area (Å²) in [5, 5.41) is 12.1. The monoisotopic (exact) mass is 189 g/mol. The predicted molar refractivity (Wildman–Crippen MR) is 49.9 cm³/mol. The summed E-state index contributed by atoms with van der Waals surface area (Å²) < 4.78 is 0. The molecule has 0 bridgehead atoms. The van der Waals surface area contributed by atoms with Crippen LogP contribution in [0.25, 0.3) is 0 Å². The number of aliphatic carboxylic acids is 1. The van der Waals surface area contributed by atoms with Gasteiger partial charge in [-0.1, -0.05) is 0 Å². The van der Waals surface area contributed by atoms with Gasteiger partial charge in [0.1, 0.15) is 0 Å². The number of carboxylic acids is 1. The van der Waals surface area contributed by atoms with Crippen LogP contribution in [-0.4, -0.2) is 21.9 Å². The number of hydrogen-bond donors (Lipinski definition) is 3. The second-order valence-corrected chi connectivity index (χ2v) is 2.66. The van der Waals surface area contributed by atoms with Crippen molar-refractivity contribution in [1.82, 2.24) is 5.43 Å². The molecule has 0 unspecified atom stereocenters. The van der Waals surface area contributed by atoms with E-state index >= 15 is 0 Å². The number of hydrogen-bond acceptors (Lipinski definition) is 3. The topological polar surface area (TPSA) is 87.7 Å². The van der Waals surface area contributed by atoms with Crippen molar-refractivity contribution in [3.05, 3.63) is 0 Å². The third kappa shape index (κ3) is 6.94. The van der Waals surface area contributed by atoms with Crippen LogP contribution < -0.4 is 11.2 Å². The number of carbonyl (C=O) groups is 1. The molecule has 5 nitrogen and oxygen atoms in total. The highest BCUT2D eigenvalue weighted by Crippen LogP contribution is 1.91. The van der Waals surface area contributed by atoms with Crippen LogP contribution in [0, 0.1) is 0 Å². The molecule has 0 aromatic rings. The van der Waals surface area contributed by atoms with Gasteiger partial charge in [0.2, 0.25) is 0 Å². The molecule has 4 N–H and O–H groups in total. The van der Waals surface area contributed by atoms with Crippen molar-refractivity contribution in [2.45, 2.75) is 19.8 Å². The van der Waals surface area contributed by atoms with Crippen LogP contribution in [0.1, 0.15) is 19.8 Å². The first kappa shape index (κ1) is 10.8. The molecule has 0 amide bonds. The van der Waals surface area contributed by atoms with Crippen molar-refractivity contribution in [2.75, 3.05) is 0 Å². The van der Waals surface area contributed by atoms with E-state index in [9.17, 15) is 4.79 Å². The first-order chi connectivity index (χ1) is 5.52. The zero-order valence-electron chi connectivity index (χ0n) is 6.70. The molecule has 0 radical (unpaired) electrons. The molecular weight excluding hydrogens is 178 g/mol. The van der Waals surface area contributed by atoms with Gasteiger partial charge in [-0.05, 0) is 25.6 Å². The molecule has 0 fully saturated rings. The summed E-state index contributed by atoms with van der Waals surface area (Å²) in [5.74, 6) is -0.847. The zero-order chi connectivity index (χ0) is 9.56. The molecular formula is C6H11N3O2S. The minimum atomic E-state index is -0.847. The van der Waals surface area contributed by atoms with E-state index in [1.165, 1.54) is 0 Å². The summed E-state index contributed by atoms with van der Waals surface area (Å²) in [6.07, 6.45) is 0.458. The number of thiocarbonyl (C=S) groups is 1. The van der Waals surface area contributed by atoms with Crippen molar-refractivity contribution >= 4 is 29.0 Å². The Hall–Kier alpha value is -1.17. The lowest BCUT2D eigenvalue weighted by molar-refractivity contribution is -0.136. The van der Waals surface area contributed by atoms with E-state index in [4.69, 9.17) is 10.8 Å². The van der Waals surface area contributed by atoms with Crippen molar-refractivity contribution in [2.24, 2.45) is 10.8 Å². The quantitative estimate of drug-likeness (QED) is 0.330. The third-order valence-corrected chi connectivity index (χ3v) is 1.15. The molecule has 0 rings (SSSR count). The number of nitrogens with zero attached hydrogens (tertiary/aromatic N) is 1. The SMILES string of the molecule is CC(CCC(=O)O)=NNC(N)=S.